The minimum atomic E-state index is -0.0169. The number of hydrogen-bond acceptors (Lipinski definition) is 3. The maximum absolute atomic E-state index is 12.2. The summed E-state index contributed by atoms with van der Waals surface area (Å²) in [6.45, 7) is 3.87. The first kappa shape index (κ1) is 12.0. The van der Waals surface area contributed by atoms with Gasteiger partial charge in [-0.25, -0.2) is 0 Å². The molecule has 5 heteroatoms. The molecule has 0 aromatic carbocycles. The molecule has 5 nitrogen and oxygen atoms in total. The highest BCUT2D eigenvalue weighted by molar-refractivity contribution is 5.96. The molecule has 17 heavy (non-hydrogen) atoms. The van der Waals surface area contributed by atoms with Crippen LogP contribution >= 0.6 is 0 Å². The van der Waals surface area contributed by atoms with Gasteiger partial charge in [0.1, 0.15) is 5.69 Å². The molecule has 94 valence electrons. The van der Waals surface area contributed by atoms with E-state index in [2.05, 4.69) is 17.1 Å². The SMILES string of the molecule is CCC1CCCN(C(=O)c2[nH]ncc2N)CC1. The number of rotatable bonds is 2. The Balaban J connectivity index is 2.03. The minimum Gasteiger partial charge on any atom is -0.396 e. The number of carbonyl (C=O) groups excluding carboxylic acids is 1. The van der Waals surface area contributed by atoms with Gasteiger partial charge in [0, 0.05) is 13.1 Å². The van der Waals surface area contributed by atoms with E-state index in [1.165, 1.54) is 19.0 Å². The van der Waals surface area contributed by atoms with Crippen molar-refractivity contribution in [2.75, 3.05) is 18.8 Å². The summed E-state index contributed by atoms with van der Waals surface area (Å²) in [6.07, 6.45) is 6.08. The number of nitrogens with one attached hydrogen (secondary N) is 1. The zero-order chi connectivity index (χ0) is 12.3. The summed E-state index contributed by atoms with van der Waals surface area (Å²) in [4.78, 5) is 14.1. The summed E-state index contributed by atoms with van der Waals surface area (Å²) in [6, 6.07) is 0. The Morgan fingerprint density at radius 1 is 1.59 bits per heavy atom. The second kappa shape index (κ2) is 5.21. The van der Waals surface area contributed by atoms with E-state index in [1.807, 2.05) is 4.90 Å². The molecule has 0 spiro atoms. The van der Waals surface area contributed by atoms with Crippen LogP contribution in [0.25, 0.3) is 0 Å². The Kier molecular flexibility index (Phi) is 3.66. The lowest BCUT2D eigenvalue weighted by molar-refractivity contribution is 0.0755. The van der Waals surface area contributed by atoms with Gasteiger partial charge in [-0.2, -0.15) is 5.10 Å². The fourth-order valence-electron chi connectivity index (χ4n) is 2.40. The van der Waals surface area contributed by atoms with Crippen molar-refractivity contribution in [1.29, 1.82) is 0 Å². The van der Waals surface area contributed by atoms with Gasteiger partial charge < -0.3 is 10.6 Å². The largest absolute Gasteiger partial charge is 0.396 e. The molecule has 1 aliphatic rings. The van der Waals surface area contributed by atoms with E-state index in [0.717, 1.165) is 31.8 Å². The number of nitrogens with two attached hydrogens (primary N) is 1. The summed E-state index contributed by atoms with van der Waals surface area (Å²) in [5.41, 5.74) is 6.57. The van der Waals surface area contributed by atoms with Crippen molar-refractivity contribution in [2.45, 2.75) is 32.6 Å². The third kappa shape index (κ3) is 2.60. The Labute approximate surface area is 101 Å². The molecule has 1 aromatic rings. The van der Waals surface area contributed by atoms with E-state index in [9.17, 15) is 4.79 Å². The van der Waals surface area contributed by atoms with Crippen molar-refractivity contribution in [2.24, 2.45) is 5.92 Å². The van der Waals surface area contributed by atoms with E-state index in [1.54, 1.807) is 0 Å². The quantitative estimate of drug-likeness (QED) is 0.819. The molecule has 1 saturated heterocycles. The van der Waals surface area contributed by atoms with Crippen molar-refractivity contribution >= 4 is 11.6 Å². The minimum absolute atomic E-state index is 0.0169. The molecule has 2 heterocycles. The predicted molar refractivity (Wildman–Crippen MR) is 66.5 cm³/mol. The summed E-state index contributed by atoms with van der Waals surface area (Å²) >= 11 is 0. The number of nitrogens with zero attached hydrogens (tertiary/aromatic N) is 2. The van der Waals surface area contributed by atoms with Crippen LogP contribution in [0.5, 0.6) is 0 Å². The number of H-pyrrole nitrogens is 1. The van der Waals surface area contributed by atoms with Gasteiger partial charge >= 0.3 is 0 Å². The molecule has 1 amide bonds. The fourth-order valence-corrected chi connectivity index (χ4v) is 2.40. The van der Waals surface area contributed by atoms with Gasteiger partial charge in [0.2, 0.25) is 0 Å². The Bertz CT molecular complexity index is 388. The van der Waals surface area contributed by atoms with Crippen molar-refractivity contribution in [3.63, 3.8) is 0 Å². The number of amides is 1. The van der Waals surface area contributed by atoms with Gasteiger partial charge in [0.15, 0.2) is 0 Å². The van der Waals surface area contributed by atoms with Gasteiger partial charge in [0.05, 0.1) is 11.9 Å². The first-order valence-corrected chi connectivity index (χ1v) is 6.30. The Morgan fingerprint density at radius 2 is 2.41 bits per heavy atom. The van der Waals surface area contributed by atoms with Crippen LogP contribution in [0.4, 0.5) is 5.69 Å². The zero-order valence-electron chi connectivity index (χ0n) is 10.3. The molecule has 3 N–H and O–H groups in total. The first-order chi connectivity index (χ1) is 8.22. The van der Waals surface area contributed by atoms with Gasteiger partial charge in [-0.05, 0) is 25.2 Å². The molecule has 1 atom stereocenters. The van der Waals surface area contributed by atoms with Crippen LogP contribution in [-0.4, -0.2) is 34.1 Å². The molecule has 2 rings (SSSR count). The van der Waals surface area contributed by atoms with E-state index in [-0.39, 0.29) is 5.91 Å². The molecule has 0 bridgehead atoms. The molecule has 1 fully saturated rings. The van der Waals surface area contributed by atoms with Crippen molar-refractivity contribution in [3.8, 4) is 0 Å². The van der Waals surface area contributed by atoms with Gasteiger partial charge in [0.25, 0.3) is 5.91 Å². The van der Waals surface area contributed by atoms with Crippen molar-refractivity contribution in [3.05, 3.63) is 11.9 Å². The molecule has 0 saturated carbocycles. The lowest BCUT2D eigenvalue weighted by Crippen LogP contribution is -2.32. The summed E-state index contributed by atoms with van der Waals surface area (Å²) in [5, 5.41) is 6.48. The lowest BCUT2D eigenvalue weighted by Gasteiger charge is -2.19. The molecular formula is C12H20N4O. The van der Waals surface area contributed by atoms with Crippen LogP contribution in [0.15, 0.2) is 6.20 Å². The van der Waals surface area contributed by atoms with E-state index in [0.29, 0.717) is 11.4 Å². The van der Waals surface area contributed by atoms with E-state index >= 15 is 0 Å². The summed E-state index contributed by atoms with van der Waals surface area (Å²) < 4.78 is 0. The smallest absolute Gasteiger partial charge is 0.274 e. The highest BCUT2D eigenvalue weighted by atomic mass is 16.2. The van der Waals surface area contributed by atoms with Gasteiger partial charge in [-0.15, -0.1) is 0 Å². The lowest BCUT2D eigenvalue weighted by atomic mass is 9.98. The monoisotopic (exact) mass is 236 g/mol. The normalized spacial score (nSPS) is 21.2. The van der Waals surface area contributed by atoms with Gasteiger partial charge in [-0.1, -0.05) is 13.3 Å². The number of hydrogen-bond donors (Lipinski definition) is 2. The molecule has 0 radical (unpaired) electrons. The molecule has 0 aliphatic carbocycles. The third-order valence-electron chi connectivity index (χ3n) is 3.59. The van der Waals surface area contributed by atoms with Crippen LogP contribution < -0.4 is 5.73 Å². The van der Waals surface area contributed by atoms with Crippen LogP contribution in [0.1, 0.15) is 43.1 Å². The van der Waals surface area contributed by atoms with E-state index < -0.39 is 0 Å². The molecular weight excluding hydrogens is 216 g/mol. The summed E-state index contributed by atoms with van der Waals surface area (Å²) in [5.74, 6) is 0.740. The Hall–Kier alpha value is -1.52. The summed E-state index contributed by atoms with van der Waals surface area (Å²) in [7, 11) is 0. The molecule has 1 aliphatic heterocycles. The van der Waals surface area contributed by atoms with Crippen molar-refractivity contribution < 1.29 is 4.79 Å². The van der Waals surface area contributed by atoms with Crippen LogP contribution in [0.2, 0.25) is 0 Å². The maximum Gasteiger partial charge on any atom is 0.274 e. The average molecular weight is 236 g/mol. The second-order valence-electron chi connectivity index (χ2n) is 4.70. The number of aromatic nitrogens is 2. The highest BCUT2D eigenvalue weighted by Crippen LogP contribution is 2.21. The van der Waals surface area contributed by atoms with Crippen LogP contribution in [0, 0.1) is 5.92 Å². The Morgan fingerprint density at radius 3 is 3.06 bits per heavy atom. The predicted octanol–water partition coefficient (Wildman–Crippen LogP) is 1.64. The standard InChI is InChI=1S/C12H20N4O/c1-2-9-4-3-6-16(7-5-9)12(17)11-10(13)8-14-15-11/h8-9H,2-7,13H2,1H3,(H,14,15). The first-order valence-electron chi connectivity index (χ1n) is 6.30. The molecule has 1 aromatic heterocycles. The number of aromatic amines is 1. The van der Waals surface area contributed by atoms with Crippen molar-refractivity contribution in [1.82, 2.24) is 15.1 Å². The third-order valence-corrected chi connectivity index (χ3v) is 3.59. The zero-order valence-corrected chi connectivity index (χ0v) is 10.3. The number of nitrogen functional groups attached to an aromatic ring is 1. The second-order valence-corrected chi connectivity index (χ2v) is 4.70. The highest BCUT2D eigenvalue weighted by Gasteiger charge is 2.23. The topological polar surface area (TPSA) is 75.0 Å². The number of carbonyl (C=O) groups is 1. The average Bonchev–Trinajstić information content (AvgIpc) is 2.64. The maximum atomic E-state index is 12.2. The molecule has 1 unspecified atom stereocenters. The fraction of sp³-hybridized carbons (Fsp3) is 0.667. The van der Waals surface area contributed by atoms with Crippen LogP contribution in [0.3, 0.4) is 0 Å². The number of likely N-dealkylation sites (tertiary alicyclic amines) is 1. The van der Waals surface area contributed by atoms with E-state index in [4.69, 9.17) is 5.73 Å². The number of anilines is 1. The van der Waals surface area contributed by atoms with Gasteiger partial charge in [-0.3, -0.25) is 9.89 Å². The van der Waals surface area contributed by atoms with Crippen LogP contribution in [-0.2, 0) is 0 Å².